The predicted octanol–water partition coefficient (Wildman–Crippen LogP) is 3.96. The van der Waals surface area contributed by atoms with Crippen LogP contribution in [-0.2, 0) is 12.5 Å². The minimum atomic E-state index is -0.473. The molecule has 1 aromatic heterocycles. The van der Waals surface area contributed by atoms with Gasteiger partial charge in [-0.05, 0) is 12.1 Å². The average Bonchev–Trinajstić information content (AvgIpc) is 2.46. The van der Waals surface area contributed by atoms with E-state index >= 15 is 0 Å². The highest BCUT2D eigenvalue weighted by molar-refractivity contribution is 6.31. The Balaban J connectivity index is 2.17. The number of hydrogen-bond acceptors (Lipinski definition) is 4. The van der Waals surface area contributed by atoms with Crippen LogP contribution >= 0.6 is 23.2 Å². The van der Waals surface area contributed by atoms with Crippen LogP contribution in [0.3, 0.4) is 0 Å². The van der Waals surface area contributed by atoms with Crippen molar-refractivity contribution in [2.75, 3.05) is 0 Å². The third-order valence-corrected chi connectivity index (χ3v) is 3.27. The summed E-state index contributed by atoms with van der Waals surface area (Å²) in [7, 11) is 0. The Hall–Kier alpha value is -1.85. The Morgan fingerprint density at radius 1 is 1.30 bits per heavy atom. The van der Waals surface area contributed by atoms with Crippen molar-refractivity contribution < 1.29 is 9.66 Å². The fourth-order valence-electron chi connectivity index (χ4n) is 1.60. The standard InChI is InChI=1S/C13H10Cl2N2O3/c14-6-10-5-11(17(18)19)1-2-13(10)20-8-9-3-4-16-7-12(9)15/h1-5,7H,6,8H2. The van der Waals surface area contributed by atoms with E-state index in [0.717, 1.165) is 5.56 Å². The molecule has 2 aromatic rings. The molecule has 0 unspecified atom stereocenters. The van der Waals surface area contributed by atoms with E-state index in [9.17, 15) is 10.1 Å². The van der Waals surface area contributed by atoms with Gasteiger partial charge in [-0.2, -0.15) is 0 Å². The molecule has 0 spiro atoms. The minimum Gasteiger partial charge on any atom is -0.489 e. The van der Waals surface area contributed by atoms with Crippen LogP contribution in [0.1, 0.15) is 11.1 Å². The molecular formula is C13H10Cl2N2O3. The van der Waals surface area contributed by atoms with Crippen molar-refractivity contribution in [3.63, 3.8) is 0 Å². The maximum atomic E-state index is 10.7. The molecular weight excluding hydrogens is 303 g/mol. The highest BCUT2D eigenvalue weighted by Crippen LogP contribution is 2.27. The van der Waals surface area contributed by atoms with Crippen molar-refractivity contribution >= 4 is 28.9 Å². The lowest BCUT2D eigenvalue weighted by atomic mass is 10.2. The van der Waals surface area contributed by atoms with Gasteiger partial charge in [0.25, 0.3) is 5.69 Å². The molecule has 20 heavy (non-hydrogen) atoms. The zero-order valence-corrected chi connectivity index (χ0v) is 11.8. The second-order valence-corrected chi connectivity index (χ2v) is 4.61. The number of nitro benzene ring substituents is 1. The van der Waals surface area contributed by atoms with Gasteiger partial charge < -0.3 is 4.74 Å². The van der Waals surface area contributed by atoms with Gasteiger partial charge in [-0.3, -0.25) is 15.1 Å². The van der Waals surface area contributed by atoms with Gasteiger partial charge in [0, 0.05) is 35.7 Å². The predicted molar refractivity (Wildman–Crippen MR) is 76.2 cm³/mol. The van der Waals surface area contributed by atoms with Crippen LogP contribution in [0, 0.1) is 10.1 Å². The molecule has 0 fully saturated rings. The number of hydrogen-bond donors (Lipinski definition) is 0. The maximum Gasteiger partial charge on any atom is 0.270 e. The van der Waals surface area contributed by atoms with Crippen LogP contribution < -0.4 is 4.74 Å². The summed E-state index contributed by atoms with van der Waals surface area (Å²) in [4.78, 5) is 14.1. The molecule has 0 radical (unpaired) electrons. The Bertz CT molecular complexity index is 635. The number of ether oxygens (including phenoxy) is 1. The van der Waals surface area contributed by atoms with Crippen molar-refractivity contribution in [2.24, 2.45) is 0 Å². The number of pyridine rings is 1. The van der Waals surface area contributed by atoms with Gasteiger partial charge in [0.05, 0.1) is 15.8 Å². The van der Waals surface area contributed by atoms with E-state index in [0.29, 0.717) is 16.3 Å². The van der Waals surface area contributed by atoms with E-state index in [-0.39, 0.29) is 18.2 Å². The number of nitro groups is 1. The fourth-order valence-corrected chi connectivity index (χ4v) is 1.98. The molecule has 1 heterocycles. The molecule has 0 atom stereocenters. The minimum absolute atomic E-state index is 0.0186. The molecule has 104 valence electrons. The van der Waals surface area contributed by atoms with Gasteiger partial charge in [0.1, 0.15) is 12.4 Å². The lowest BCUT2D eigenvalue weighted by Gasteiger charge is -2.10. The lowest BCUT2D eigenvalue weighted by Crippen LogP contribution is -2.00. The molecule has 0 aliphatic rings. The Morgan fingerprint density at radius 3 is 2.75 bits per heavy atom. The number of benzene rings is 1. The highest BCUT2D eigenvalue weighted by Gasteiger charge is 2.11. The normalized spacial score (nSPS) is 10.3. The van der Waals surface area contributed by atoms with Gasteiger partial charge in [0.2, 0.25) is 0 Å². The van der Waals surface area contributed by atoms with Gasteiger partial charge in [-0.15, -0.1) is 11.6 Å². The summed E-state index contributed by atoms with van der Waals surface area (Å²) in [5.41, 5.74) is 1.32. The van der Waals surface area contributed by atoms with Crippen LogP contribution in [0.25, 0.3) is 0 Å². The number of alkyl halides is 1. The largest absolute Gasteiger partial charge is 0.489 e. The van der Waals surface area contributed by atoms with E-state index in [4.69, 9.17) is 27.9 Å². The van der Waals surface area contributed by atoms with Crippen LogP contribution in [0.2, 0.25) is 5.02 Å². The Labute approximate surface area is 125 Å². The third kappa shape index (κ3) is 3.37. The average molecular weight is 313 g/mol. The summed E-state index contributed by atoms with van der Waals surface area (Å²) in [6.45, 7) is 0.239. The van der Waals surface area contributed by atoms with E-state index in [1.807, 2.05) is 0 Å². The van der Waals surface area contributed by atoms with Crippen molar-refractivity contribution in [3.05, 3.63) is 62.9 Å². The van der Waals surface area contributed by atoms with E-state index in [1.165, 1.54) is 24.4 Å². The van der Waals surface area contributed by atoms with Crippen LogP contribution in [-0.4, -0.2) is 9.91 Å². The summed E-state index contributed by atoms with van der Waals surface area (Å²) < 4.78 is 5.61. The van der Waals surface area contributed by atoms with Crippen molar-refractivity contribution in [2.45, 2.75) is 12.5 Å². The molecule has 0 N–H and O–H groups in total. The van der Waals surface area contributed by atoms with E-state index < -0.39 is 4.92 Å². The Morgan fingerprint density at radius 2 is 2.10 bits per heavy atom. The Kier molecular flexibility index (Phi) is 4.76. The number of rotatable bonds is 5. The smallest absolute Gasteiger partial charge is 0.270 e. The lowest BCUT2D eigenvalue weighted by molar-refractivity contribution is -0.384. The van der Waals surface area contributed by atoms with Crippen LogP contribution in [0.15, 0.2) is 36.7 Å². The molecule has 0 saturated carbocycles. The third-order valence-electron chi connectivity index (χ3n) is 2.64. The fraction of sp³-hybridized carbons (Fsp3) is 0.154. The highest BCUT2D eigenvalue weighted by atomic mass is 35.5. The SMILES string of the molecule is O=[N+]([O-])c1ccc(OCc2ccncc2Cl)c(CCl)c1. The summed E-state index contributed by atoms with van der Waals surface area (Å²) in [6, 6.07) is 6.05. The molecule has 0 saturated heterocycles. The zero-order chi connectivity index (χ0) is 14.5. The second kappa shape index (κ2) is 6.54. The van der Waals surface area contributed by atoms with Gasteiger partial charge in [-0.1, -0.05) is 11.6 Å². The molecule has 0 bridgehead atoms. The first-order valence-corrected chi connectivity index (χ1v) is 6.57. The van der Waals surface area contributed by atoms with Gasteiger partial charge in [-0.25, -0.2) is 0 Å². The number of aromatic nitrogens is 1. The van der Waals surface area contributed by atoms with Gasteiger partial charge in [0.15, 0.2) is 0 Å². The van der Waals surface area contributed by atoms with Crippen LogP contribution in [0.5, 0.6) is 5.75 Å². The number of non-ortho nitro benzene ring substituents is 1. The summed E-state index contributed by atoms with van der Waals surface area (Å²) in [5, 5.41) is 11.2. The molecule has 7 heteroatoms. The number of halogens is 2. The van der Waals surface area contributed by atoms with E-state index in [1.54, 1.807) is 12.3 Å². The first kappa shape index (κ1) is 14.6. The quantitative estimate of drug-likeness (QED) is 0.476. The molecule has 0 amide bonds. The zero-order valence-electron chi connectivity index (χ0n) is 10.3. The molecule has 1 aromatic carbocycles. The summed E-state index contributed by atoms with van der Waals surface area (Å²) in [6.07, 6.45) is 3.14. The molecule has 0 aliphatic heterocycles. The number of nitrogens with zero attached hydrogens (tertiary/aromatic N) is 2. The van der Waals surface area contributed by atoms with Gasteiger partial charge >= 0.3 is 0 Å². The summed E-state index contributed by atoms with van der Waals surface area (Å²) >= 11 is 11.8. The van der Waals surface area contributed by atoms with E-state index in [2.05, 4.69) is 4.98 Å². The van der Waals surface area contributed by atoms with Crippen molar-refractivity contribution in [3.8, 4) is 5.75 Å². The molecule has 2 rings (SSSR count). The topological polar surface area (TPSA) is 65.3 Å². The molecule has 0 aliphatic carbocycles. The monoisotopic (exact) mass is 312 g/mol. The first-order valence-electron chi connectivity index (χ1n) is 5.66. The summed E-state index contributed by atoms with van der Waals surface area (Å²) in [5.74, 6) is 0.625. The maximum absolute atomic E-state index is 10.7. The van der Waals surface area contributed by atoms with Crippen molar-refractivity contribution in [1.82, 2.24) is 4.98 Å². The molecule has 5 nitrogen and oxygen atoms in total. The first-order chi connectivity index (χ1) is 9.61. The van der Waals surface area contributed by atoms with Crippen molar-refractivity contribution in [1.29, 1.82) is 0 Å². The van der Waals surface area contributed by atoms with Crippen LogP contribution in [0.4, 0.5) is 5.69 Å². The second-order valence-electron chi connectivity index (χ2n) is 3.94.